The molecular formula is C14H15N3S. The minimum atomic E-state index is 0.953. The number of nitrogens with zero attached hydrogens (tertiary/aromatic N) is 2. The Bertz CT molecular complexity index is 709. The van der Waals surface area contributed by atoms with Gasteiger partial charge in [-0.3, -0.25) is 0 Å². The van der Waals surface area contributed by atoms with Gasteiger partial charge < -0.3 is 9.88 Å². The first-order valence-corrected chi connectivity index (χ1v) is 6.76. The second kappa shape index (κ2) is 4.14. The lowest BCUT2D eigenvalue weighted by Gasteiger charge is -1.97. The number of anilines is 1. The van der Waals surface area contributed by atoms with Crippen molar-refractivity contribution in [1.82, 2.24) is 9.55 Å². The molecule has 0 aliphatic heterocycles. The summed E-state index contributed by atoms with van der Waals surface area (Å²) in [5.41, 5.74) is 4.78. The van der Waals surface area contributed by atoms with Crippen LogP contribution in [0.5, 0.6) is 0 Å². The van der Waals surface area contributed by atoms with Crippen molar-refractivity contribution in [1.29, 1.82) is 0 Å². The van der Waals surface area contributed by atoms with E-state index < -0.39 is 0 Å². The highest BCUT2D eigenvalue weighted by atomic mass is 32.1. The molecule has 0 radical (unpaired) electrons. The van der Waals surface area contributed by atoms with Gasteiger partial charge in [0.15, 0.2) is 5.13 Å². The van der Waals surface area contributed by atoms with Crippen molar-refractivity contribution >= 4 is 27.4 Å². The fourth-order valence-corrected chi connectivity index (χ4v) is 2.88. The molecule has 0 saturated heterocycles. The molecule has 0 fully saturated rings. The molecule has 0 bridgehead atoms. The fourth-order valence-electron chi connectivity index (χ4n) is 2.21. The molecule has 1 aromatic carbocycles. The molecule has 0 aliphatic carbocycles. The van der Waals surface area contributed by atoms with Crippen LogP contribution in [0.15, 0.2) is 29.8 Å². The number of rotatable bonds is 2. The summed E-state index contributed by atoms with van der Waals surface area (Å²) in [4.78, 5) is 4.58. The monoisotopic (exact) mass is 257 g/mol. The van der Waals surface area contributed by atoms with Gasteiger partial charge in [0.05, 0.1) is 5.69 Å². The molecule has 92 valence electrons. The summed E-state index contributed by atoms with van der Waals surface area (Å²) < 4.78 is 2.16. The Hall–Kier alpha value is -1.81. The zero-order valence-corrected chi connectivity index (χ0v) is 11.5. The number of benzene rings is 1. The van der Waals surface area contributed by atoms with Gasteiger partial charge >= 0.3 is 0 Å². The van der Waals surface area contributed by atoms with Crippen molar-refractivity contribution < 1.29 is 0 Å². The van der Waals surface area contributed by atoms with E-state index in [1.165, 1.54) is 22.0 Å². The smallest absolute Gasteiger partial charge is 0.182 e. The number of hydrogen-bond acceptors (Lipinski definition) is 3. The third kappa shape index (κ3) is 1.69. The maximum atomic E-state index is 4.58. The SMILES string of the molecule is CNc1nc(-c2cn(C)c3cc(C)ccc23)cs1. The molecule has 0 spiro atoms. The maximum absolute atomic E-state index is 4.58. The zero-order valence-electron chi connectivity index (χ0n) is 10.7. The second-order valence-electron chi connectivity index (χ2n) is 4.46. The summed E-state index contributed by atoms with van der Waals surface area (Å²) in [7, 11) is 3.98. The van der Waals surface area contributed by atoms with Gasteiger partial charge in [-0.25, -0.2) is 4.98 Å². The number of thiazole rings is 1. The van der Waals surface area contributed by atoms with Crippen LogP contribution >= 0.6 is 11.3 Å². The van der Waals surface area contributed by atoms with E-state index in [1.807, 2.05) is 7.05 Å². The first kappa shape index (κ1) is 11.3. The Morgan fingerprint density at radius 1 is 1.33 bits per heavy atom. The molecule has 0 aliphatic rings. The molecule has 0 atom stereocenters. The Balaban J connectivity index is 2.23. The molecule has 4 heteroatoms. The van der Waals surface area contributed by atoms with Crippen LogP contribution in [0.4, 0.5) is 5.13 Å². The van der Waals surface area contributed by atoms with Crippen LogP contribution in [-0.4, -0.2) is 16.6 Å². The molecule has 2 heterocycles. The van der Waals surface area contributed by atoms with E-state index in [0.717, 1.165) is 10.8 Å². The van der Waals surface area contributed by atoms with Crippen LogP contribution < -0.4 is 5.32 Å². The summed E-state index contributed by atoms with van der Waals surface area (Å²) in [6.45, 7) is 2.12. The summed E-state index contributed by atoms with van der Waals surface area (Å²) in [6, 6.07) is 6.54. The molecule has 0 saturated carbocycles. The van der Waals surface area contributed by atoms with E-state index in [4.69, 9.17) is 0 Å². The summed E-state index contributed by atoms with van der Waals surface area (Å²) in [6.07, 6.45) is 2.15. The molecule has 3 aromatic rings. The summed E-state index contributed by atoms with van der Waals surface area (Å²) in [5, 5.41) is 7.39. The first-order valence-electron chi connectivity index (χ1n) is 5.88. The van der Waals surface area contributed by atoms with Crippen LogP contribution in [-0.2, 0) is 7.05 Å². The van der Waals surface area contributed by atoms with Crippen LogP contribution in [0.25, 0.3) is 22.2 Å². The molecule has 3 nitrogen and oxygen atoms in total. The molecule has 3 rings (SSSR count). The van der Waals surface area contributed by atoms with Gasteiger partial charge in [0, 0.05) is 42.1 Å². The Morgan fingerprint density at radius 2 is 2.17 bits per heavy atom. The number of fused-ring (bicyclic) bond motifs is 1. The summed E-state index contributed by atoms with van der Waals surface area (Å²) in [5.74, 6) is 0. The summed E-state index contributed by atoms with van der Waals surface area (Å²) >= 11 is 1.63. The predicted octanol–water partition coefficient (Wildman–Crippen LogP) is 3.65. The molecule has 18 heavy (non-hydrogen) atoms. The van der Waals surface area contributed by atoms with E-state index in [9.17, 15) is 0 Å². The van der Waals surface area contributed by atoms with Gasteiger partial charge in [-0.05, 0) is 18.6 Å². The van der Waals surface area contributed by atoms with Crippen LogP contribution in [0, 0.1) is 6.92 Å². The van der Waals surface area contributed by atoms with E-state index in [0.29, 0.717) is 0 Å². The van der Waals surface area contributed by atoms with Gasteiger partial charge in [0.1, 0.15) is 0 Å². The highest BCUT2D eigenvalue weighted by molar-refractivity contribution is 7.14. The fraction of sp³-hybridized carbons (Fsp3) is 0.214. The van der Waals surface area contributed by atoms with Gasteiger partial charge in [-0.1, -0.05) is 12.1 Å². The minimum Gasteiger partial charge on any atom is -0.365 e. The van der Waals surface area contributed by atoms with Crippen LogP contribution in [0.2, 0.25) is 0 Å². The third-order valence-electron chi connectivity index (χ3n) is 3.14. The number of hydrogen-bond donors (Lipinski definition) is 1. The van der Waals surface area contributed by atoms with Crippen molar-refractivity contribution in [3.8, 4) is 11.3 Å². The van der Waals surface area contributed by atoms with Crippen molar-refractivity contribution in [3.05, 3.63) is 35.3 Å². The van der Waals surface area contributed by atoms with Crippen molar-refractivity contribution in [2.75, 3.05) is 12.4 Å². The Labute approximate surface area is 110 Å². The lowest BCUT2D eigenvalue weighted by molar-refractivity contribution is 0.969. The average molecular weight is 257 g/mol. The molecule has 1 N–H and O–H groups in total. The normalized spacial score (nSPS) is 11.1. The predicted molar refractivity (Wildman–Crippen MR) is 78.3 cm³/mol. The highest BCUT2D eigenvalue weighted by Gasteiger charge is 2.11. The van der Waals surface area contributed by atoms with Crippen LogP contribution in [0.3, 0.4) is 0 Å². The quantitative estimate of drug-likeness (QED) is 0.759. The largest absolute Gasteiger partial charge is 0.365 e. The zero-order chi connectivity index (χ0) is 12.7. The number of aryl methyl sites for hydroxylation is 2. The minimum absolute atomic E-state index is 0.953. The molecule has 2 aromatic heterocycles. The average Bonchev–Trinajstić information content (AvgIpc) is 2.95. The Morgan fingerprint density at radius 3 is 2.89 bits per heavy atom. The van der Waals surface area contributed by atoms with E-state index >= 15 is 0 Å². The maximum Gasteiger partial charge on any atom is 0.182 e. The van der Waals surface area contributed by atoms with Gasteiger partial charge in [-0.15, -0.1) is 11.3 Å². The van der Waals surface area contributed by atoms with Crippen molar-refractivity contribution in [3.63, 3.8) is 0 Å². The highest BCUT2D eigenvalue weighted by Crippen LogP contribution is 2.32. The Kier molecular flexibility index (Phi) is 2.59. The van der Waals surface area contributed by atoms with Crippen LogP contribution in [0.1, 0.15) is 5.56 Å². The van der Waals surface area contributed by atoms with E-state index in [1.54, 1.807) is 11.3 Å². The topological polar surface area (TPSA) is 29.9 Å². The molecular weight excluding hydrogens is 242 g/mol. The standard InChI is InChI=1S/C14H15N3S/c1-9-4-5-10-11(7-17(3)13(10)6-9)12-8-18-14(15-2)16-12/h4-8H,1-3H3,(H,15,16). The molecule has 0 unspecified atom stereocenters. The van der Waals surface area contributed by atoms with Crippen molar-refractivity contribution in [2.24, 2.45) is 7.05 Å². The second-order valence-corrected chi connectivity index (χ2v) is 5.32. The van der Waals surface area contributed by atoms with E-state index in [-0.39, 0.29) is 0 Å². The van der Waals surface area contributed by atoms with Crippen molar-refractivity contribution in [2.45, 2.75) is 6.92 Å². The number of nitrogens with one attached hydrogen (secondary N) is 1. The third-order valence-corrected chi connectivity index (χ3v) is 4.00. The number of aromatic nitrogens is 2. The molecule has 0 amide bonds. The van der Waals surface area contributed by atoms with Gasteiger partial charge in [-0.2, -0.15) is 0 Å². The lowest BCUT2D eigenvalue weighted by atomic mass is 10.1. The van der Waals surface area contributed by atoms with Gasteiger partial charge in [0.2, 0.25) is 0 Å². The lowest BCUT2D eigenvalue weighted by Crippen LogP contribution is -1.85. The van der Waals surface area contributed by atoms with Gasteiger partial charge in [0.25, 0.3) is 0 Å². The first-order chi connectivity index (χ1) is 8.69. The van der Waals surface area contributed by atoms with E-state index in [2.05, 4.69) is 58.6 Å².